The van der Waals surface area contributed by atoms with Crippen LogP contribution >= 0.6 is 11.6 Å². The van der Waals surface area contributed by atoms with Crippen molar-refractivity contribution >= 4 is 28.4 Å². The van der Waals surface area contributed by atoms with Gasteiger partial charge in [0.2, 0.25) is 5.91 Å². The topological polar surface area (TPSA) is 44.9 Å². The molecule has 0 aliphatic carbocycles. The molecule has 0 unspecified atom stereocenters. The van der Waals surface area contributed by atoms with Crippen molar-refractivity contribution in [1.82, 2.24) is 10.3 Å². The lowest BCUT2D eigenvalue weighted by Gasteiger charge is -2.00. The Balaban J connectivity index is 1.56. The number of amides is 1. The molecule has 3 rings (SSSR count). The highest BCUT2D eigenvalue weighted by Gasteiger charge is 2.07. The molecule has 0 atom stereocenters. The Morgan fingerprint density at radius 3 is 2.91 bits per heavy atom. The van der Waals surface area contributed by atoms with Crippen molar-refractivity contribution in [3.05, 3.63) is 70.9 Å². The Bertz CT molecular complexity index is 902. The van der Waals surface area contributed by atoms with Crippen LogP contribution in [-0.4, -0.2) is 17.4 Å². The second kappa shape index (κ2) is 7.04. The molecule has 0 saturated heterocycles. The zero-order valence-electron chi connectivity index (χ0n) is 12.4. The van der Waals surface area contributed by atoms with Gasteiger partial charge in [-0.25, -0.2) is 0 Å². The molecule has 0 saturated carbocycles. The van der Waals surface area contributed by atoms with Gasteiger partial charge in [0.05, 0.1) is 13.0 Å². The van der Waals surface area contributed by atoms with E-state index >= 15 is 0 Å². The highest BCUT2D eigenvalue weighted by Crippen LogP contribution is 2.17. The monoisotopic (exact) mass is 322 g/mol. The van der Waals surface area contributed by atoms with E-state index < -0.39 is 0 Å². The van der Waals surface area contributed by atoms with E-state index in [-0.39, 0.29) is 5.91 Å². The SMILES string of the molecule is O=C(Cc1c[nH]c2ccccc12)NCC#Cc1cccc(Cl)c1. The normalized spacial score (nSPS) is 10.1. The molecule has 0 aliphatic heterocycles. The van der Waals surface area contributed by atoms with Crippen LogP contribution in [0.4, 0.5) is 0 Å². The molecule has 2 aromatic carbocycles. The van der Waals surface area contributed by atoms with E-state index in [1.807, 2.05) is 42.6 Å². The summed E-state index contributed by atoms with van der Waals surface area (Å²) in [5.41, 5.74) is 2.86. The van der Waals surface area contributed by atoms with E-state index in [1.54, 1.807) is 12.1 Å². The predicted octanol–water partition coefficient (Wildman–Crippen LogP) is 3.53. The Hall–Kier alpha value is -2.70. The Morgan fingerprint density at radius 1 is 1.17 bits per heavy atom. The molecular weight excluding hydrogens is 308 g/mol. The number of hydrogen-bond acceptors (Lipinski definition) is 1. The molecule has 3 aromatic rings. The van der Waals surface area contributed by atoms with Crippen LogP contribution < -0.4 is 5.32 Å². The van der Waals surface area contributed by atoms with Gasteiger partial charge in [-0.2, -0.15) is 0 Å². The lowest BCUT2D eigenvalue weighted by atomic mass is 10.1. The molecule has 0 radical (unpaired) electrons. The molecule has 0 aliphatic rings. The third kappa shape index (κ3) is 3.94. The number of fused-ring (bicyclic) bond motifs is 1. The van der Waals surface area contributed by atoms with E-state index in [4.69, 9.17) is 11.6 Å². The van der Waals surface area contributed by atoms with Crippen LogP contribution in [0.15, 0.2) is 54.7 Å². The van der Waals surface area contributed by atoms with Crippen molar-refractivity contribution in [2.24, 2.45) is 0 Å². The Kier molecular flexibility index (Phi) is 4.65. The van der Waals surface area contributed by atoms with Crippen LogP contribution in [0.5, 0.6) is 0 Å². The lowest BCUT2D eigenvalue weighted by Crippen LogP contribution is -2.25. The second-order valence-electron chi connectivity index (χ2n) is 5.13. The van der Waals surface area contributed by atoms with Crippen LogP contribution in [-0.2, 0) is 11.2 Å². The van der Waals surface area contributed by atoms with Crippen LogP contribution in [0.1, 0.15) is 11.1 Å². The minimum absolute atomic E-state index is 0.0462. The standard InChI is InChI=1S/C19H15ClN2O/c20-16-7-3-5-14(11-16)6-4-10-21-19(23)12-15-13-22-18-9-2-1-8-17(15)18/h1-3,5,7-9,11,13,22H,10,12H2,(H,21,23). The number of H-pyrrole nitrogens is 1. The first kappa shape index (κ1) is 15.2. The second-order valence-corrected chi connectivity index (χ2v) is 5.56. The number of para-hydroxylation sites is 1. The van der Waals surface area contributed by atoms with Gasteiger partial charge < -0.3 is 10.3 Å². The summed E-state index contributed by atoms with van der Waals surface area (Å²) in [5.74, 6) is 5.86. The van der Waals surface area contributed by atoms with Crippen molar-refractivity contribution < 1.29 is 4.79 Å². The van der Waals surface area contributed by atoms with Crippen molar-refractivity contribution in [3.8, 4) is 11.8 Å². The number of aromatic amines is 1. The van der Waals surface area contributed by atoms with Gasteiger partial charge in [0.1, 0.15) is 0 Å². The highest BCUT2D eigenvalue weighted by atomic mass is 35.5. The minimum Gasteiger partial charge on any atom is -0.361 e. The summed E-state index contributed by atoms with van der Waals surface area (Å²) in [7, 11) is 0. The largest absolute Gasteiger partial charge is 0.361 e. The maximum atomic E-state index is 12.0. The number of benzene rings is 2. The van der Waals surface area contributed by atoms with Gasteiger partial charge >= 0.3 is 0 Å². The van der Waals surface area contributed by atoms with Crippen molar-refractivity contribution in [1.29, 1.82) is 0 Å². The smallest absolute Gasteiger partial charge is 0.225 e. The van der Waals surface area contributed by atoms with Gasteiger partial charge in [0, 0.05) is 27.7 Å². The van der Waals surface area contributed by atoms with Crippen LogP contribution in [0.3, 0.4) is 0 Å². The van der Waals surface area contributed by atoms with Crippen LogP contribution in [0, 0.1) is 11.8 Å². The maximum absolute atomic E-state index is 12.0. The summed E-state index contributed by atoms with van der Waals surface area (Å²) in [5, 5.41) is 4.54. The fraction of sp³-hybridized carbons (Fsp3) is 0.105. The van der Waals surface area contributed by atoms with Gasteiger partial charge in [0.15, 0.2) is 0 Å². The lowest BCUT2D eigenvalue weighted by molar-refractivity contribution is -0.120. The molecule has 114 valence electrons. The van der Waals surface area contributed by atoms with Crippen molar-refractivity contribution in [3.63, 3.8) is 0 Å². The van der Waals surface area contributed by atoms with Crippen LogP contribution in [0.25, 0.3) is 10.9 Å². The van der Waals surface area contributed by atoms with Gasteiger partial charge in [-0.05, 0) is 29.8 Å². The molecule has 1 aromatic heterocycles. The zero-order chi connectivity index (χ0) is 16.1. The summed E-state index contributed by atoms with van der Waals surface area (Å²) >= 11 is 5.89. The summed E-state index contributed by atoms with van der Waals surface area (Å²) in [4.78, 5) is 15.2. The average molecular weight is 323 g/mol. The number of carbonyl (C=O) groups excluding carboxylic acids is 1. The number of rotatable bonds is 3. The number of carbonyl (C=O) groups is 1. The first-order valence-electron chi connectivity index (χ1n) is 7.28. The molecule has 0 fully saturated rings. The minimum atomic E-state index is -0.0462. The van der Waals surface area contributed by atoms with E-state index in [2.05, 4.69) is 22.1 Å². The number of nitrogens with one attached hydrogen (secondary N) is 2. The predicted molar refractivity (Wildman–Crippen MR) is 93.3 cm³/mol. The van der Waals surface area contributed by atoms with Gasteiger partial charge in [-0.15, -0.1) is 0 Å². The molecular formula is C19H15ClN2O. The van der Waals surface area contributed by atoms with Gasteiger partial charge in [0.25, 0.3) is 0 Å². The fourth-order valence-corrected chi connectivity index (χ4v) is 2.56. The quantitative estimate of drug-likeness (QED) is 0.712. The summed E-state index contributed by atoms with van der Waals surface area (Å²) in [6.45, 7) is 0.313. The third-order valence-corrected chi connectivity index (χ3v) is 3.69. The average Bonchev–Trinajstić information content (AvgIpc) is 2.95. The molecule has 2 N–H and O–H groups in total. The molecule has 1 heterocycles. The highest BCUT2D eigenvalue weighted by molar-refractivity contribution is 6.30. The number of halogens is 1. The van der Waals surface area contributed by atoms with E-state index in [9.17, 15) is 4.79 Å². The molecule has 23 heavy (non-hydrogen) atoms. The summed E-state index contributed by atoms with van der Waals surface area (Å²) in [6, 6.07) is 15.3. The summed E-state index contributed by atoms with van der Waals surface area (Å²) in [6.07, 6.45) is 2.21. The first-order valence-corrected chi connectivity index (χ1v) is 7.66. The van der Waals surface area contributed by atoms with Crippen molar-refractivity contribution in [2.45, 2.75) is 6.42 Å². The van der Waals surface area contributed by atoms with E-state index in [0.29, 0.717) is 18.0 Å². The molecule has 1 amide bonds. The Labute approximate surface area is 139 Å². The molecule has 0 spiro atoms. The summed E-state index contributed by atoms with van der Waals surface area (Å²) < 4.78 is 0. The maximum Gasteiger partial charge on any atom is 0.225 e. The van der Waals surface area contributed by atoms with Crippen molar-refractivity contribution in [2.75, 3.05) is 6.54 Å². The van der Waals surface area contributed by atoms with E-state index in [1.165, 1.54) is 0 Å². The molecule has 3 nitrogen and oxygen atoms in total. The third-order valence-electron chi connectivity index (χ3n) is 3.46. The van der Waals surface area contributed by atoms with E-state index in [0.717, 1.165) is 22.0 Å². The first-order chi connectivity index (χ1) is 11.2. The van der Waals surface area contributed by atoms with Gasteiger partial charge in [-0.3, -0.25) is 4.79 Å². The number of hydrogen-bond donors (Lipinski definition) is 2. The zero-order valence-corrected chi connectivity index (χ0v) is 13.2. The molecule has 4 heteroatoms. The molecule has 0 bridgehead atoms. The fourth-order valence-electron chi connectivity index (χ4n) is 2.37. The Morgan fingerprint density at radius 2 is 2.04 bits per heavy atom. The van der Waals surface area contributed by atoms with Crippen LogP contribution in [0.2, 0.25) is 5.02 Å². The van der Waals surface area contributed by atoms with Gasteiger partial charge in [-0.1, -0.05) is 47.7 Å². The number of aromatic nitrogens is 1.